The average Bonchev–Trinajstić information content (AvgIpc) is 2.28. The third-order valence-corrected chi connectivity index (χ3v) is 3.00. The number of pyridine rings is 1. The Morgan fingerprint density at radius 1 is 1.53 bits per heavy atom. The Morgan fingerprint density at radius 2 is 2.33 bits per heavy atom. The highest BCUT2D eigenvalue weighted by Gasteiger charge is 2.27. The molecule has 0 saturated carbocycles. The van der Waals surface area contributed by atoms with E-state index in [1.807, 2.05) is 11.0 Å². The Balaban J connectivity index is 2.41. The second-order valence-electron chi connectivity index (χ2n) is 4.01. The standard InChI is InChI=1S/C12H16N2O/c1-3-9(2)14-11(15)7-6-10-5-4-8-13-12(10)14/h4-5,8-9H,3,6-7H2,1-2H3. The van der Waals surface area contributed by atoms with Crippen LogP contribution >= 0.6 is 0 Å². The SMILES string of the molecule is CCC(C)N1C(=O)CCc2cccnc21. The lowest BCUT2D eigenvalue weighted by atomic mass is 10.0. The van der Waals surface area contributed by atoms with E-state index in [2.05, 4.69) is 24.9 Å². The predicted molar refractivity (Wildman–Crippen MR) is 59.8 cm³/mol. The van der Waals surface area contributed by atoms with Crippen molar-refractivity contribution in [2.45, 2.75) is 39.2 Å². The van der Waals surface area contributed by atoms with Crippen LogP contribution in [0.3, 0.4) is 0 Å². The Hall–Kier alpha value is -1.38. The molecule has 1 aromatic rings. The van der Waals surface area contributed by atoms with Crippen molar-refractivity contribution in [3.63, 3.8) is 0 Å². The fourth-order valence-electron chi connectivity index (χ4n) is 1.96. The molecule has 0 radical (unpaired) electrons. The van der Waals surface area contributed by atoms with E-state index in [1.54, 1.807) is 6.20 Å². The van der Waals surface area contributed by atoms with Gasteiger partial charge in [0, 0.05) is 18.7 Å². The maximum Gasteiger partial charge on any atom is 0.228 e. The van der Waals surface area contributed by atoms with E-state index in [-0.39, 0.29) is 11.9 Å². The molecule has 3 heteroatoms. The van der Waals surface area contributed by atoms with Crippen molar-refractivity contribution in [3.05, 3.63) is 23.9 Å². The molecule has 0 aliphatic carbocycles. The molecule has 1 aliphatic rings. The van der Waals surface area contributed by atoms with Crippen molar-refractivity contribution >= 4 is 11.7 Å². The maximum atomic E-state index is 11.8. The number of hydrogen-bond acceptors (Lipinski definition) is 2. The number of nitrogens with zero attached hydrogens (tertiary/aromatic N) is 2. The van der Waals surface area contributed by atoms with E-state index in [9.17, 15) is 4.79 Å². The average molecular weight is 204 g/mol. The van der Waals surface area contributed by atoms with Gasteiger partial charge in [-0.3, -0.25) is 9.69 Å². The van der Waals surface area contributed by atoms with Gasteiger partial charge in [-0.15, -0.1) is 0 Å². The summed E-state index contributed by atoms with van der Waals surface area (Å²) in [6.07, 6.45) is 4.16. The number of anilines is 1. The van der Waals surface area contributed by atoms with Crippen LogP contribution in [0.5, 0.6) is 0 Å². The van der Waals surface area contributed by atoms with E-state index < -0.39 is 0 Å². The molecule has 1 amide bonds. The molecule has 1 unspecified atom stereocenters. The van der Waals surface area contributed by atoms with Gasteiger partial charge in [0.15, 0.2) is 0 Å². The van der Waals surface area contributed by atoms with Gasteiger partial charge in [0.25, 0.3) is 0 Å². The number of aryl methyl sites for hydroxylation is 1. The lowest BCUT2D eigenvalue weighted by Gasteiger charge is -2.32. The lowest BCUT2D eigenvalue weighted by Crippen LogP contribution is -2.42. The number of aromatic nitrogens is 1. The van der Waals surface area contributed by atoms with Crippen LogP contribution in [-0.2, 0) is 11.2 Å². The molecule has 0 aromatic carbocycles. The number of rotatable bonds is 2. The van der Waals surface area contributed by atoms with Crippen LogP contribution in [0.4, 0.5) is 5.82 Å². The number of carbonyl (C=O) groups excluding carboxylic acids is 1. The van der Waals surface area contributed by atoms with Gasteiger partial charge in [0.1, 0.15) is 5.82 Å². The van der Waals surface area contributed by atoms with Crippen molar-refractivity contribution < 1.29 is 4.79 Å². The van der Waals surface area contributed by atoms with Crippen molar-refractivity contribution in [2.24, 2.45) is 0 Å². The second-order valence-corrected chi connectivity index (χ2v) is 4.01. The third kappa shape index (κ3) is 1.74. The van der Waals surface area contributed by atoms with Gasteiger partial charge in [-0.05, 0) is 31.4 Å². The van der Waals surface area contributed by atoms with Crippen LogP contribution in [0, 0.1) is 0 Å². The minimum atomic E-state index is 0.204. The van der Waals surface area contributed by atoms with E-state index in [0.29, 0.717) is 6.42 Å². The van der Waals surface area contributed by atoms with Crippen LogP contribution in [-0.4, -0.2) is 16.9 Å². The molecule has 2 heterocycles. The fourth-order valence-corrected chi connectivity index (χ4v) is 1.96. The molecule has 3 nitrogen and oxygen atoms in total. The van der Waals surface area contributed by atoms with Crippen molar-refractivity contribution in [1.29, 1.82) is 0 Å². The lowest BCUT2D eigenvalue weighted by molar-refractivity contribution is -0.119. The molecule has 1 aromatic heterocycles. The van der Waals surface area contributed by atoms with Crippen molar-refractivity contribution in [2.75, 3.05) is 4.90 Å². The number of hydrogen-bond donors (Lipinski definition) is 0. The first-order valence-electron chi connectivity index (χ1n) is 5.50. The quantitative estimate of drug-likeness (QED) is 0.739. The van der Waals surface area contributed by atoms with E-state index >= 15 is 0 Å². The Labute approximate surface area is 90.1 Å². The van der Waals surface area contributed by atoms with Crippen LogP contribution < -0.4 is 4.90 Å². The fraction of sp³-hybridized carbons (Fsp3) is 0.500. The molecule has 0 N–H and O–H groups in total. The summed E-state index contributed by atoms with van der Waals surface area (Å²) in [5, 5.41) is 0. The largest absolute Gasteiger partial charge is 0.294 e. The predicted octanol–water partition coefficient (Wildman–Crippen LogP) is 2.16. The summed E-state index contributed by atoms with van der Waals surface area (Å²) in [6.45, 7) is 4.16. The van der Waals surface area contributed by atoms with Crippen LogP contribution in [0.2, 0.25) is 0 Å². The number of fused-ring (bicyclic) bond motifs is 1. The summed E-state index contributed by atoms with van der Waals surface area (Å²) in [7, 11) is 0. The molecule has 1 aliphatic heterocycles. The monoisotopic (exact) mass is 204 g/mol. The van der Waals surface area contributed by atoms with E-state index in [0.717, 1.165) is 18.7 Å². The van der Waals surface area contributed by atoms with Gasteiger partial charge in [-0.25, -0.2) is 4.98 Å². The molecule has 2 rings (SSSR count). The Morgan fingerprint density at radius 3 is 3.07 bits per heavy atom. The smallest absolute Gasteiger partial charge is 0.228 e. The minimum Gasteiger partial charge on any atom is -0.294 e. The van der Waals surface area contributed by atoms with Crippen LogP contribution in [0.1, 0.15) is 32.3 Å². The highest BCUT2D eigenvalue weighted by atomic mass is 16.2. The molecule has 80 valence electrons. The topological polar surface area (TPSA) is 33.2 Å². The second kappa shape index (κ2) is 4.01. The summed E-state index contributed by atoms with van der Waals surface area (Å²) >= 11 is 0. The zero-order valence-corrected chi connectivity index (χ0v) is 9.23. The van der Waals surface area contributed by atoms with Crippen molar-refractivity contribution in [3.8, 4) is 0 Å². The number of amides is 1. The van der Waals surface area contributed by atoms with Gasteiger partial charge in [-0.1, -0.05) is 13.0 Å². The number of carbonyl (C=O) groups is 1. The molecular formula is C12H16N2O. The van der Waals surface area contributed by atoms with Gasteiger partial charge < -0.3 is 0 Å². The zero-order chi connectivity index (χ0) is 10.8. The third-order valence-electron chi connectivity index (χ3n) is 3.00. The highest BCUT2D eigenvalue weighted by Crippen LogP contribution is 2.27. The first-order chi connectivity index (χ1) is 7.24. The summed E-state index contributed by atoms with van der Waals surface area (Å²) in [6, 6.07) is 4.24. The maximum absolute atomic E-state index is 11.8. The first-order valence-corrected chi connectivity index (χ1v) is 5.50. The van der Waals surface area contributed by atoms with Gasteiger partial charge in [0.2, 0.25) is 5.91 Å². The van der Waals surface area contributed by atoms with Crippen molar-refractivity contribution in [1.82, 2.24) is 4.98 Å². The molecule has 0 fully saturated rings. The summed E-state index contributed by atoms with van der Waals surface area (Å²) in [5.74, 6) is 1.07. The highest BCUT2D eigenvalue weighted by molar-refractivity contribution is 5.95. The minimum absolute atomic E-state index is 0.204. The molecule has 15 heavy (non-hydrogen) atoms. The van der Waals surface area contributed by atoms with Crippen LogP contribution in [0.15, 0.2) is 18.3 Å². The van der Waals surface area contributed by atoms with E-state index in [4.69, 9.17) is 0 Å². The van der Waals surface area contributed by atoms with Crippen LogP contribution in [0.25, 0.3) is 0 Å². The molecule has 0 bridgehead atoms. The van der Waals surface area contributed by atoms with Gasteiger partial charge >= 0.3 is 0 Å². The summed E-state index contributed by atoms with van der Waals surface area (Å²) < 4.78 is 0. The molecule has 0 spiro atoms. The molecule has 1 atom stereocenters. The van der Waals surface area contributed by atoms with Gasteiger partial charge in [0.05, 0.1) is 0 Å². The summed E-state index contributed by atoms with van der Waals surface area (Å²) in [5.41, 5.74) is 1.19. The summed E-state index contributed by atoms with van der Waals surface area (Å²) in [4.78, 5) is 18.0. The molecule has 0 saturated heterocycles. The van der Waals surface area contributed by atoms with E-state index in [1.165, 1.54) is 5.56 Å². The normalized spacial score (nSPS) is 17.5. The Kier molecular flexibility index (Phi) is 2.71. The van der Waals surface area contributed by atoms with Gasteiger partial charge in [-0.2, -0.15) is 0 Å². The first kappa shape index (κ1) is 10.1. The zero-order valence-electron chi connectivity index (χ0n) is 9.23. The molecular weight excluding hydrogens is 188 g/mol. The Bertz CT molecular complexity index is 376.